The molecule has 1 aromatic heterocycles. The number of ether oxygens (including phenoxy) is 1. The number of nitrogens with one attached hydrogen (secondary N) is 1. The number of benzene rings is 2. The molecule has 3 aromatic rings. The maximum atomic E-state index is 12.9. The summed E-state index contributed by atoms with van der Waals surface area (Å²) in [4.78, 5) is 19.1. The monoisotopic (exact) mass is 435 g/mol. The predicted molar refractivity (Wildman–Crippen MR) is 117 cm³/mol. The van der Waals surface area contributed by atoms with Crippen LogP contribution in [0.1, 0.15) is 13.3 Å². The first-order valence-corrected chi connectivity index (χ1v) is 10.3. The molecular formula is C20H19Cl2N3O2S. The van der Waals surface area contributed by atoms with Crippen molar-refractivity contribution in [3.63, 3.8) is 0 Å². The van der Waals surface area contributed by atoms with E-state index in [1.807, 2.05) is 30.5 Å². The number of carbonyl (C=O) groups excluding carboxylic acids is 1. The van der Waals surface area contributed by atoms with E-state index in [0.717, 1.165) is 12.0 Å². The second kappa shape index (κ2) is 9.28. The Morgan fingerprint density at radius 3 is 2.75 bits per heavy atom. The molecule has 8 heteroatoms. The van der Waals surface area contributed by atoms with Crippen molar-refractivity contribution in [1.29, 1.82) is 0 Å². The average molecular weight is 436 g/mol. The van der Waals surface area contributed by atoms with Gasteiger partial charge in [0.05, 0.1) is 23.5 Å². The van der Waals surface area contributed by atoms with E-state index in [0.29, 0.717) is 38.9 Å². The highest BCUT2D eigenvalue weighted by Crippen LogP contribution is 2.34. The summed E-state index contributed by atoms with van der Waals surface area (Å²) in [6, 6.07) is 12.3. The second-order valence-electron chi connectivity index (χ2n) is 5.92. The first-order valence-electron chi connectivity index (χ1n) is 8.66. The van der Waals surface area contributed by atoms with E-state index >= 15 is 0 Å². The standard InChI is InChI=1S/C20H19Cl2N3O2S/c1-3-10-25(19(26)23-16-6-4-5-7-18(16)27-2)20-24-17(12-28-20)14-9-8-13(21)11-15(14)22/h4-9,11-12H,3,10H2,1-2H3,(H,23,26). The fourth-order valence-corrected chi connectivity index (χ4v) is 4.00. The van der Waals surface area contributed by atoms with Gasteiger partial charge in [0.25, 0.3) is 0 Å². The summed E-state index contributed by atoms with van der Waals surface area (Å²) in [6.45, 7) is 2.54. The summed E-state index contributed by atoms with van der Waals surface area (Å²) in [5.74, 6) is 0.597. The third-order valence-electron chi connectivity index (χ3n) is 3.97. The Hall–Kier alpha value is -2.28. The number of halogens is 2. The van der Waals surface area contributed by atoms with Crippen molar-refractivity contribution in [3.8, 4) is 17.0 Å². The largest absolute Gasteiger partial charge is 0.495 e. The summed E-state index contributed by atoms with van der Waals surface area (Å²) in [7, 11) is 1.57. The van der Waals surface area contributed by atoms with Crippen LogP contribution in [0.4, 0.5) is 15.6 Å². The number of carbonyl (C=O) groups is 1. The zero-order valence-corrected chi connectivity index (χ0v) is 17.7. The minimum Gasteiger partial charge on any atom is -0.495 e. The van der Waals surface area contributed by atoms with Crippen molar-refractivity contribution in [1.82, 2.24) is 4.98 Å². The van der Waals surface area contributed by atoms with Crippen LogP contribution in [0.25, 0.3) is 11.3 Å². The number of nitrogens with zero attached hydrogens (tertiary/aromatic N) is 2. The molecule has 0 radical (unpaired) electrons. The molecule has 0 fully saturated rings. The summed E-state index contributed by atoms with van der Waals surface area (Å²) >= 11 is 13.6. The highest BCUT2D eigenvalue weighted by atomic mass is 35.5. The van der Waals surface area contributed by atoms with E-state index in [4.69, 9.17) is 27.9 Å². The van der Waals surface area contributed by atoms with Crippen molar-refractivity contribution in [2.45, 2.75) is 13.3 Å². The van der Waals surface area contributed by atoms with Crippen LogP contribution in [0.3, 0.4) is 0 Å². The number of aromatic nitrogens is 1. The summed E-state index contributed by atoms with van der Waals surface area (Å²) < 4.78 is 5.30. The zero-order chi connectivity index (χ0) is 20.1. The van der Waals surface area contributed by atoms with Crippen LogP contribution in [0.15, 0.2) is 47.8 Å². The number of hydrogen-bond donors (Lipinski definition) is 1. The molecule has 2 amide bonds. The smallest absolute Gasteiger partial charge is 0.328 e. The summed E-state index contributed by atoms with van der Waals surface area (Å²) in [6.07, 6.45) is 0.788. The van der Waals surface area contributed by atoms with E-state index in [-0.39, 0.29) is 6.03 Å². The highest BCUT2D eigenvalue weighted by molar-refractivity contribution is 7.14. The zero-order valence-electron chi connectivity index (χ0n) is 15.4. The van der Waals surface area contributed by atoms with E-state index in [1.165, 1.54) is 11.3 Å². The molecule has 3 rings (SSSR count). The Kier molecular flexibility index (Phi) is 6.78. The van der Waals surface area contributed by atoms with Gasteiger partial charge in [-0.15, -0.1) is 11.3 Å². The van der Waals surface area contributed by atoms with Crippen LogP contribution in [0, 0.1) is 0 Å². The molecule has 1 N–H and O–H groups in total. The molecule has 0 aliphatic rings. The molecule has 0 aliphatic carbocycles. The average Bonchev–Trinajstić information content (AvgIpc) is 3.15. The Morgan fingerprint density at radius 1 is 1.25 bits per heavy atom. The molecule has 0 bridgehead atoms. The van der Waals surface area contributed by atoms with Gasteiger partial charge in [0.15, 0.2) is 5.13 Å². The van der Waals surface area contributed by atoms with Crippen molar-refractivity contribution in [2.24, 2.45) is 0 Å². The fraction of sp³-hybridized carbons (Fsp3) is 0.200. The quantitative estimate of drug-likeness (QED) is 0.475. The number of para-hydroxylation sites is 2. The molecule has 0 atom stereocenters. The lowest BCUT2D eigenvalue weighted by molar-refractivity contribution is 0.256. The molecule has 0 saturated carbocycles. The lowest BCUT2D eigenvalue weighted by atomic mass is 10.2. The van der Waals surface area contributed by atoms with Gasteiger partial charge in [-0.05, 0) is 36.8 Å². The molecule has 146 valence electrons. The van der Waals surface area contributed by atoms with E-state index in [9.17, 15) is 4.79 Å². The van der Waals surface area contributed by atoms with Gasteiger partial charge >= 0.3 is 6.03 Å². The lowest BCUT2D eigenvalue weighted by Crippen LogP contribution is -2.35. The van der Waals surface area contributed by atoms with Gasteiger partial charge in [-0.3, -0.25) is 4.90 Å². The summed E-state index contributed by atoms with van der Waals surface area (Å²) in [5, 5.41) is 6.45. The number of thiazole rings is 1. The first kappa shape index (κ1) is 20.5. The van der Waals surface area contributed by atoms with Crippen LogP contribution >= 0.6 is 34.5 Å². The van der Waals surface area contributed by atoms with Gasteiger partial charge in [-0.1, -0.05) is 42.3 Å². The maximum absolute atomic E-state index is 12.9. The van der Waals surface area contributed by atoms with Crippen molar-refractivity contribution < 1.29 is 9.53 Å². The number of methoxy groups -OCH3 is 1. The molecule has 2 aromatic carbocycles. The van der Waals surface area contributed by atoms with Crippen LogP contribution < -0.4 is 15.0 Å². The van der Waals surface area contributed by atoms with Crippen LogP contribution in [-0.4, -0.2) is 24.7 Å². The van der Waals surface area contributed by atoms with Crippen LogP contribution in [0.5, 0.6) is 5.75 Å². The van der Waals surface area contributed by atoms with Gasteiger partial charge in [0, 0.05) is 22.5 Å². The molecule has 28 heavy (non-hydrogen) atoms. The number of rotatable bonds is 6. The molecule has 0 saturated heterocycles. The molecule has 1 heterocycles. The van der Waals surface area contributed by atoms with Gasteiger partial charge in [0.2, 0.25) is 0 Å². The minimum atomic E-state index is -0.269. The Labute approximate surface area is 177 Å². The molecular weight excluding hydrogens is 417 g/mol. The van der Waals surface area contributed by atoms with E-state index < -0.39 is 0 Å². The molecule has 5 nitrogen and oxygen atoms in total. The lowest BCUT2D eigenvalue weighted by Gasteiger charge is -2.20. The maximum Gasteiger partial charge on any atom is 0.328 e. The predicted octanol–water partition coefficient (Wildman–Crippen LogP) is 6.57. The molecule has 0 aliphatic heterocycles. The number of anilines is 2. The van der Waals surface area contributed by atoms with E-state index in [1.54, 1.807) is 36.3 Å². The van der Waals surface area contributed by atoms with E-state index in [2.05, 4.69) is 10.3 Å². The van der Waals surface area contributed by atoms with Crippen molar-refractivity contribution in [2.75, 3.05) is 23.9 Å². The molecule has 0 spiro atoms. The van der Waals surface area contributed by atoms with Crippen molar-refractivity contribution >= 4 is 51.4 Å². The normalized spacial score (nSPS) is 10.6. The van der Waals surface area contributed by atoms with Crippen molar-refractivity contribution in [3.05, 3.63) is 57.9 Å². The Bertz CT molecular complexity index is 978. The highest BCUT2D eigenvalue weighted by Gasteiger charge is 2.20. The minimum absolute atomic E-state index is 0.269. The third-order valence-corrected chi connectivity index (χ3v) is 5.38. The number of amides is 2. The van der Waals surface area contributed by atoms with Gasteiger partial charge in [0.1, 0.15) is 5.75 Å². The molecule has 0 unspecified atom stereocenters. The number of hydrogen-bond acceptors (Lipinski definition) is 4. The van der Waals surface area contributed by atoms with Crippen LogP contribution in [0.2, 0.25) is 10.0 Å². The third kappa shape index (κ3) is 4.58. The Morgan fingerprint density at radius 2 is 2.04 bits per heavy atom. The Balaban J connectivity index is 1.86. The summed E-state index contributed by atoms with van der Waals surface area (Å²) in [5.41, 5.74) is 2.08. The topological polar surface area (TPSA) is 54.5 Å². The fourth-order valence-electron chi connectivity index (χ4n) is 2.65. The first-order chi connectivity index (χ1) is 13.5. The van der Waals surface area contributed by atoms with Gasteiger partial charge < -0.3 is 10.1 Å². The second-order valence-corrected chi connectivity index (χ2v) is 7.60. The van der Waals surface area contributed by atoms with Crippen LogP contribution in [-0.2, 0) is 0 Å². The SMILES string of the molecule is CCCN(C(=O)Nc1ccccc1OC)c1nc(-c2ccc(Cl)cc2Cl)cs1. The van der Waals surface area contributed by atoms with Gasteiger partial charge in [-0.2, -0.15) is 0 Å². The number of urea groups is 1. The van der Waals surface area contributed by atoms with Gasteiger partial charge in [-0.25, -0.2) is 9.78 Å².